The van der Waals surface area contributed by atoms with Crippen LogP contribution in [0.5, 0.6) is 5.75 Å². The first-order chi connectivity index (χ1) is 15.0. The molecular weight excluding hydrogens is 426 g/mol. The van der Waals surface area contributed by atoms with Gasteiger partial charge in [0.2, 0.25) is 5.91 Å². The van der Waals surface area contributed by atoms with Gasteiger partial charge >= 0.3 is 0 Å². The van der Waals surface area contributed by atoms with Crippen molar-refractivity contribution in [3.8, 4) is 5.75 Å². The van der Waals surface area contributed by atoms with Gasteiger partial charge in [-0.1, -0.05) is 6.92 Å². The lowest BCUT2D eigenvalue weighted by Crippen LogP contribution is -2.48. The number of rotatable bonds is 4. The number of fused-ring (bicyclic) bond motifs is 1. The first kappa shape index (κ1) is 22.5. The van der Waals surface area contributed by atoms with E-state index < -0.39 is 15.6 Å². The molecule has 0 aliphatic carbocycles. The minimum absolute atomic E-state index is 0.0832. The Kier molecular flexibility index (Phi) is 5.83. The summed E-state index contributed by atoms with van der Waals surface area (Å²) in [5, 5.41) is 0. The van der Waals surface area contributed by atoms with E-state index in [0.29, 0.717) is 23.7 Å². The Morgan fingerprint density at radius 2 is 1.75 bits per heavy atom. The third-order valence-corrected chi connectivity index (χ3v) is 7.48. The van der Waals surface area contributed by atoms with Crippen LogP contribution in [0.1, 0.15) is 40.5 Å². The number of amides is 1. The molecule has 8 heteroatoms. The van der Waals surface area contributed by atoms with E-state index in [1.165, 1.54) is 31.9 Å². The van der Waals surface area contributed by atoms with Gasteiger partial charge in [0, 0.05) is 31.4 Å². The number of hydrogen-bond acceptors (Lipinski definition) is 5. The Labute approximate surface area is 190 Å². The van der Waals surface area contributed by atoms with E-state index in [1.807, 2.05) is 26.0 Å². The van der Waals surface area contributed by atoms with Crippen LogP contribution in [0, 0.1) is 5.92 Å². The van der Waals surface area contributed by atoms with E-state index in [4.69, 9.17) is 4.74 Å². The summed E-state index contributed by atoms with van der Waals surface area (Å²) in [6.07, 6.45) is 2.34. The van der Waals surface area contributed by atoms with Crippen molar-refractivity contribution in [1.82, 2.24) is 0 Å². The van der Waals surface area contributed by atoms with Gasteiger partial charge in [-0.15, -0.1) is 0 Å². The standard InChI is InChI=1S/C24H31N3O4S/c1-17-11-13-26(14-12-17)20-7-5-19(6-8-20)25-32(29,30)21-9-10-23-22(15-21)27(18(2)28)16-24(3,4)31-23/h5-10,15,17,25H,11-14,16H2,1-4H3. The van der Waals surface area contributed by atoms with Crippen molar-refractivity contribution in [2.45, 2.75) is 51.0 Å². The molecule has 1 saturated heterocycles. The zero-order valence-electron chi connectivity index (χ0n) is 19.1. The highest BCUT2D eigenvalue weighted by Crippen LogP contribution is 2.39. The average Bonchev–Trinajstić information content (AvgIpc) is 2.73. The van der Waals surface area contributed by atoms with Crippen LogP contribution in [0.3, 0.4) is 0 Å². The lowest BCUT2D eigenvalue weighted by molar-refractivity contribution is -0.117. The predicted octanol–water partition coefficient (Wildman–Crippen LogP) is 4.25. The fraction of sp³-hybridized carbons (Fsp3) is 0.458. The Bertz CT molecular complexity index is 1100. The van der Waals surface area contributed by atoms with Crippen LogP contribution in [-0.4, -0.2) is 39.6 Å². The Balaban J connectivity index is 1.54. The number of benzene rings is 2. The minimum Gasteiger partial charge on any atom is -0.484 e. The molecule has 7 nitrogen and oxygen atoms in total. The lowest BCUT2D eigenvalue weighted by Gasteiger charge is -2.39. The molecule has 4 rings (SSSR count). The highest BCUT2D eigenvalue weighted by atomic mass is 32.2. The molecule has 0 saturated carbocycles. The van der Waals surface area contributed by atoms with Crippen molar-refractivity contribution in [1.29, 1.82) is 0 Å². The minimum atomic E-state index is -3.83. The van der Waals surface area contributed by atoms with E-state index in [1.54, 1.807) is 23.1 Å². The number of ether oxygens (including phenoxy) is 1. The number of carbonyl (C=O) groups is 1. The van der Waals surface area contributed by atoms with Gasteiger partial charge in [-0.3, -0.25) is 9.52 Å². The summed E-state index contributed by atoms with van der Waals surface area (Å²) >= 11 is 0. The summed E-state index contributed by atoms with van der Waals surface area (Å²) in [6, 6.07) is 12.1. The van der Waals surface area contributed by atoms with Crippen molar-refractivity contribution in [3.05, 3.63) is 42.5 Å². The van der Waals surface area contributed by atoms with Gasteiger partial charge in [-0.2, -0.15) is 0 Å². The molecular formula is C24H31N3O4S. The highest BCUT2D eigenvalue weighted by Gasteiger charge is 2.34. The zero-order chi connectivity index (χ0) is 23.1. The molecule has 172 valence electrons. The van der Waals surface area contributed by atoms with Crippen LogP contribution >= 0.6 is 0 Å². The molecule has 0 atom stereocenters. The SMILES string of the molecule is CC(=O)N1CC(C)(C)Oc2ccc(S(=O)(=O)Nc3ccc(N4CCC(C)CC4)cc3)cc21. The third-order valence-electron chi connectivity index (χ3n) is 6.11. The maximum atomic E-state index is 13.0. The average molecular weight is 458 g/mol. The van der Waals surface area contributed by atoms with Crippen LogP contribution in [0.25, 0.3) is 0 Å². The maximum absolute atomic E-state index is 13.0. The number of anilines is 3. The molecule has 2 aliphatic heterocycles. The van der Waals surface area contributed by atoms with Gasteiger partial charge in [-0.05, 0) is 75.1 Å². The molecule has 2 heterocycles. The first-order valence-electron chi connectivity index (χ1n) is 11.0. The Morgan fingerprint density at radius 3 is 2.38 bits per heavy atom. The smallest absolute Gasteiger partial charge is 0.261 e. The zero-order valence-corrected chi connectivity index (χ0v) is 19.9. The largest absolute Gasteiger partial charge is 0.484 e. The van der Waals surface area contributed by atoms with Crippen molar-refractivity contribution in [2.75, 3.05) is 34.2 Å². The van der Waals surface area contributed by atoms with Crippen LogP contribution in [0.2, 0.25) is 0 Å². The van der Waals surface area contributed by atoms with Crippen molar-refractivity contribution >= 4 is 33.0 Å². The van der Waals surface area contributed by atoms with E-state index in [0.717, 1.165) is 24.7 Å². The summed E-state index contributed by atoms with van der Waals surface area (Å²) in [7, 11) is -3.83. The molecule has 1 fully saturated rings. The summed E-state index contributed by atoms with van der Waals surface area (Å²) < 4.78 is 34.7. The Hall–Kier alpha value is -2.74. The van der Waals surface area contributed by atoms with Gasteiger partial charge in [0.25, 0.3) is 10.0 Å². The second kappa shape index (κ2) is 8.31. The molecule has 1 amide bonds. The van der Waals surface area contributed by atoms with Crippen molar-refractivity contribution in [3.63, 3.8) is 0 Å². The van der Waals surface area contributed by atoms with Gasteiger partial charge in [-0.25, -0.2) is 8.42 Å². The molecule has 2 aromatic carbocycles. The molecule has 2 aliphatic rings. The predicted molar refractivity (Wildman–Crippen MR) is 127 cm³/mol. The highest BCUT2D eigenvalue weighted by molar-refractivity contribution is 7.92. The quantitative estimate of drug-likeness (QED) is 0.743. The summed E-state index contributed by atoms with van der Waals surface area (Å²) in [5.74, 6) is 1.09. The van der Waals surface area contributed by atoms with Crippen LogP contribution < -0.4 is 19.3 Å². The number of nitrogens with zero attached hydrogens (tertiary/aromatic N) is 2. The number of sulfonamides is 1. The van der Waals surface area contributed by atoms with E-state index in [2.05, 4.69) is 16.5 Å². The van der Waals surface area contributed by atoms with Crippen LogP contribution in [0.15, 0.2) is 47.4 Å². The molecule has 0 aromatic heterocycles. The number of hydrogen-bond donors (Lipinski definition) is 1. The Morgan fingerprint density at radius 1 is 1.09 bits per heavy atom. The molecule has 2 aromatic rings. The monoisotopic (exact) mass is 457 g/mol. The molecule has 0 unspecified atom stereocenters. The summed E-state index contributed by atoms with van der Waals surface area (Å²) in [4.78, 5) is 16.2. The topological polar surface area (TPSA) is 78.9 Å². The number of nitrogens with one attached hydrogen (secondary N) is 1. The molecule has 0 radical (unpaired) electrons. The fourth-order valence-corrected chi connectivity index (χ4v) is 5.34. The molecule has 0 spiro atoms. The molecule has 1 N–H and O–H groups in total. The maximum Gasteiger partial charge on any atom is 0.261 e. The van der Waals surface area contributed by atoms with Gasteiger partial charge in [0.1, 0.15) is 11.4 Å². The summed E-state index contributed by atoms with van der Waals surface area (Å²) in [6.45, 7) is 9.93. The second-order valence-electron chi connectivity index (χ2n) is 9.42. The van der Waals surface area contributed by atoms with Crippen molar-refractivity contribution in [2.24, 2.45) is 5.92 Å². The molecule has 32 heavy (non-hydrogen) atoms. The number of piperidine rings is 1. The van der Waals surface area contributed by atoms with E-state index in [9.17, 15) is 13.2 Å². The van der Waals surface area contributed by atoms with Gasteiger partial charge in [0.15, 0.2) is 0 Å². The fourth-order valence-electron chi connectivity index (χ4n) is 4.26. The number of carbonyl (C=O) groups excluding carboxylic acids is 1. The second-order valence-corrected chi connectivity index (χ2v) is 11.1. The van der Waals surface area contributed by atoms with Crippen molar-refractivity contribution < 1.29 is 17.9 Å². The third kappa shape index (κ3) is 4.70. The normalized spacial score (nSPS) is 18.6. The van der Waals surface area contributed by atoms with Crippen LogP contribution in [0.4, 0.5) is 17.1 Å². The van der Waals surface area contributed by atoms with Gasteiger partial charge in [0.05, 0.1) is 17.1 Å². The van der Waals surface area contributed by atoms with E-state index in [-0.39, 0.29) is 10.8 Å². The van der Waals surface area contributed by atoms with Crippen LogP contribution in [-0.2, 0) is 14.8 Å². The molecule has 0 bridgehead atoms. The summed E-state index contributed by atoms with van der Waals surface area (Å²) in [5.41, 5.74) is 1.52. The van der Waals surface area contributed by atoms with E-state index >= 15 is 0 Å². The van der Waals surface area contributed by atoms with Gasteiger partial charge < -0.3 is 14.5 Å². The first-order valence-corrected chi connectivity index (χ1v) is 12.5. The lowest BCUT2D eigenvalue weighted by atomic mass is 9.99.